The summed E-state index contributed by atoms with van der Waals surface area (Å²) >= 11 is 5.74. The molecule has 2 aromatic carbocycles. The molecule has 0 aliphatic rings. The van der Waals surface area contributed by atoms with Crippen molar-refractivity contribution in [2.24, 2.45) is 0 Å². The van der Waals surface area contributed by atoms with Crippen LogP contribution in [0.15, 0.2) is 42.5 Å². The predicted molar refractivity (Wildman–Crippen MR) is 83.3 cm³/mol. The topological polar surface area (TPSA) is 77.8 Å². The SMILES string of the molecule is O=C(Cc1ccc(Cl)cc1)CC(O)(c1c(F)cccc1F)C(O)O. The van der Waals surface area contributed by atoms with Crippen LogP contribution in [0.5, 0.6) is 0 Å². The average molecular weight is 357 g/mol. The van der Waals surface area contributed by atoms with Crippen molar-refractivity contribution in [3.8, 4) is 0 Å². The van der Waals surface area contributed by atoms with E-state index in [1.165, 1.54) is 0 Å². The highest BCUT2D eigenvalue weighted by Crippen LogP contribution is 2.33. The molecule has 4 nitrogen and oxygen atoms in total. The Kier molecular flexibility index (Phi) is 5.66. The first kappa shape index (κ1) is 18.5. The smallest absolute Gasteiger partial charge is 0.186 e. The predicted octanol–water partition coefficient (Wildman–Crippen LogP) is 2.32. The largest absolute Gasteiger partial charge is 0.379 e. The summed E-state index contributed by atoms with van der Waals surface area (Å²) in [6.07, 6.45) is -3.58. The zero-order valence-electron chi connectivity index (χ0n) is 12.4. The molecule has 1 atom stereocenters. The molecule has 0 spiro atoms. The molecule has 1 unspecified atom stereocenters. The average Bonchev–Trinajstić information content (AvgIpc) is 2.49. The van der Waals surface area contributed by atoms with Crippen molar-refractivity contribution in [1.82, 2.24) is 0 Å². The van der Waals surface area contributed by atoms with Gasteiger partial charge in [0.25, 0.3) is 0 Å². The Balaban J connectivity index is 2.27. The monoisotopic (exact) mass is 356 g/mol. The van der Waals surface area contributed by atoms with Gasteiger partial charge in [0.05, 0.1) is 5.56 Å². The van der Waals surface area contributed by atoms with Crippen LogP contribution in [0, 0.1) is 11.6 Å². The fourth-order valence-corrected chi connectivity index (χ4v) is 2.54. The molecule has 2 rings (SSSR count). The zero-order chi connectivity index (χ0) is 17.9. The maximum Gasteiger partial charge on any atom is 0.186 e. The summed E-state index contributed by atoms with van der Waals surface area (Å²) in [7, 11) is 0. The Morgan fingerprint density at radius 2 is 1.62 bits per heavy atom. The molecular weight excluding hydrogens is 342 g/mol. The van der Waals surface area contributed by atoms with Crippen molar-refractivity contribution >= 4 is 17.4 Å². The van der Waals surface area contributed by atoms with E-state index in [0.717, 1.165) is 18.2 Å². The van der Waals surface area contributed by atoms with Crippen LogP contribution in [0.25, 0.3) is 0 Å². The van der Waals surface area contributed by atoms with Gasteiger partial charge in [-0.25, -0.2) is 8.78 Å². The second-order valence-corrected chi connectivity index (χ2v) is 5.85. The van der Waals surface area contributed by atoms with Gasteiger partial charge >= 0.3 is 0 Å². The Morgan fingerprint density at radius 3 is 2.12 bits per heavy atom. The standard InChI is InChI=1S/C17H15ClF2O4/c18-11-6-4-10(5-7-11)8-12(21)9-17(24,16(22)23)15-13(19)2-1-3-14(15)20/h1-7,16,22-24H,8-9H2. The minimum Gasteiger partial charge on any atom is -0.379 e. The van der Waals surface area contributed by atoms with Crippen LogP contribution in [0.4, 0.5) is 8.78 Å². The van der Waals surface area contributed by atoms with Crippen molar-refractivity contribution < 1.29 is 28.9 Å². The molecule has 0 heterocycles. The van der Waals surface area contributed by atoms with E-state index in [2.05, 4.69) is 0 Å². The fourth-order valence-electron chi connectivity index (χ4n) is 2.41. The van der Waals surface area contributed by atoms with Gasteiger partial charge in [-0.15, -0.1) is 0 Å². The first-order chi connectivity index (χ1) is 11.2. The Hall–Kier alpha value is -1.86. The molecule has 128 valence electrons. The first-order valence-electron chi connectivity index (χ1n) is 7.03. The Morgan fingerprint density at radius 1 is 1.08 bits per heavy atom. The summed E-state index contributed by atoms with van der Waals surface area (Å²) in [5.41, 5.74) is -3.18. The molecule has 3 N–H and O–H groups in total. The van der Waals surface area contributed by atoms with Crippen molar-refractivity contribution in [1.29, 1.82) is 0 Å². The first-order valence-corrected chi connectivity index (χ1v) is 7.41. The molecular formula is C17H15ClF2O4. The maximum absolute atomic E-state index is 13.9. The molecule has 0 aromatic heterocycles. The summed E-state index contributed by atoms with van der Waals surface area (Å²) in [6, 6.07) is 9.07. The van der Waals surface area contributed by atoms with E-state index in [1.54, 1.807) is 24.3 Å². The van der Waals surface area contributed by atoms with E-state index < -0.39 is 41.3 Å². The van der Waals surface area contributed by atoms with E-state index in [1.807, 2.05) is 0 Å². The molecule has 0 aliphatic carbocycles. The molecule has 7 heteroatoms. The number of Topliss-reactive ketones (excluding diaryl/α,β-unsaturated/α-hetero) is 1. The third-order valence-electron chi connectivity index (χ3n) is 3.60. The summed E-state index contributed by atoms with van der Waals surface area (Å²) in [4.78, 5) is 12.2. The van der Waals surface area contributed by atoms with E-state index in [-0.39, 0.29) is 6.42 Å². The van der Waals surface area contributed by atoms with Crippen LogP contribution in [0.3, 0.4) is 0 Å². The van der Waals surface area contributed by atoms with Crippen molar-refractivity contribution in [3.63, 3.8) is 0 Å². The normalized spacial score (nSPS) is 13.8. The number of carbonyl (C=O) groups excluding carboxylic acids is 1. The minimum absolute atomic E-state index is 0.164. The van der Waals surface area contributed by atoms with Crippen LogP contribution in [0.2, 0.25) is 5.02 Å². The van der Waals surface area contributed by atoms with Crippen molar-refractivity contribution in [3.05, 3.63) is 70.2 Å². The van der Waals surface area contributed by atoms with Crippen LogP contribution in [-0.2, 0) is 16.8 Å². The summed E-state index contributed by atoms with van der Waals surface area (Å²) in [5.74, 6) is -2.98. The van der Waals surface area contributed by atoms with Gasteiger partial charge < -0.3 is 15.3 Å². The van der Waals surface area contributed by atoms with Crippen molar-refractivity contribution in [2.45, 2.75) is 24.7 Å². The molecule has 0 aliphatic heterocycles. The van der Waals surface area contributed by atoms with Crippen LogP contribution in [-0.4, -0.2) is 27.4 Å². The number of hydrogen-bond acceptors (Lipinski definition) is 4. The Labute approximate surface area is 141 Å². The second-order valence-electron chi connectivity index (χ2n) is 5.41. The lowest BCUT2D eigenvalue weighted by Crippen LogP contribution is -2.43. The number of hydrogen-bond donors (Lipinski definition) is 3. The van der Waals surface area contributed by atoms with Crippen LogP contribution in [0.1, 0.15) is 17.5 Å². The van der Waals surface area contributed by atoms with Gasteiger partial charge in [0.2, 0.25) is 0 Å². The number of ketones is 1. The molecule has 0 amide bonds. The summed E-state index contributed by atoms with van der Waals surface area (Å²) in [6.45, 7) is 0. The maximum atomic E-state index is 13.9. The molecule has 0 fully saturated rings. The van der Waals surface area contributed by atoms with E-state index in [9.17, 15) is 28.9 Å². The number of halogens is 3. The second kappa shape index (κ2) is 7.36. The Bertz CT molecular complexity index is 714. The molecule has 0 saturated carbocycles. The third kappa shape index (κ3) is 3.96. The summed E-state index contributed by atoms with van der Waals surface area (Å²) < 4.78 is 27.8. The minimum atomic E-state index is -2.79. The molecule has 0 saturated heterocycles. The van der Waals surface area contributed by atoms with Gasteiger partial charge in [0, 0.05) is 17.9 Å². The highest BCUT2D eigenvalue weighted by atomic mass is 35.5. The number of aliphatic hydroxyl groups is 3. The van der Waals surface area contributed by atoms with E-state index in [0.29, 0.717) is 10.6 Å². The molecule has 24 heavy (non-hydrogen) atoms. The summed E-state index contributed by atoms with van der Waals surface area (Å²) in [5, 5.41) is 29.7. The lowest BCUT2D eigenvalue weighted by molar-refractivity contribution is -0.196. The van der Waals surface area contributed by atoms with E-state index >= 15 is 0 Å². The molecule has 0 radical (unpaired) electrons. The third-order valence-corrected chi connectivity index (χ3v) is 3.86. The number of benzene rings is 2. The molecule has 2 aromatic rings. The highest BCUT2D eigenvalue weighted by Gasteiger charge is 2.43. The van der Waals surface area contributed by atoms with Gasteiger partial charge in [-0.2, -0.15) is 0 Å². The van der Waals surface area contributed by atoms with Gasteiger partial charge in [-0.05, 0) is 29.8 Å². The van der Waals surface area contributed by atoms with Gasteiger partial charge in [-0.3, -0.25) is 4.79 Å². The van der Waals surface area contributed by atoms with Crippen LogP contribution >= 0.6 is 11.6 Å². The fraction of sp³-hybridized carbons (Fsp3) is 0.235. The zero-order valence-corrected chi connectivity index (χ0v) is 13.2. The number of aliphatic hydroxyl groups excluding tert-OH is 1. The quantitative estimate of drug-likeness (QED) is 0.694. The van der Waals surface area contributed by atoms with Gasteiger partial charge in [0.1, 0.15) is 17.4 Å². The number of rotatable bonds is 6. The van der Waals surface area contributed by atoms with Gasteiger partial charge in [-0.1, -0.05) is 29.8 Å². The number of carbonyl (C=O) groups is 1. The lowest BCUT2D eigenvalue weighted by Gasteiger charge is -2.30. The van der Waals surface area contributed by atoms with E-state index in [4.69, 9.17) is 11.6 Å². The molecule has 0 bridgehead atoms. The van der Waals surface area contributed by atoms with Crippen molar-refractivity contribution in [2.75, 3.05) is 0 Å². The van der Waals surface area contributed by atoms with Gasteiger partial charge in [0.15, 0.2) is 11.9 Å². The lowest BCUT2D eigenvalue weighted by atomic mass is 9.85. The highest BCUT2D eigenvalue weighted by molar-refractivity contribution is 6.30. The van der Waals surface area contributed by atoms with Crippen LogP contribution < -0.4 is 0 Å².